The van der Waals surface area contributed by atoms with Crippen LogP contribution in [0, 0.1) is 0 Å². The van der Waals surface area contributed by atoms with Crippen LogP contribution in [0.25, 0.3) is 0 Å². The Hall–Kier alpha value is -0.930. The first kappa shape index (κ1) is 10.2. The smallest absolute Gasteiger partial charge is 0.0561 e. The molecular weight excluding hydrogens is 282 g/mol. The van der Waals surface area contributed by atoms with Crippen LogP contribution in [0.1, 0.15) is 0 Å². The first-order valence-corrected chi connectivity index (χ1v) is 6.67. The van der Waals surface area contributed by atoms with Gasteiger partial charge in [0.2, 0.25) is 0 Å². The Labute approximate surface area is 108 Å². The number of fused-ring (bicyclic) bond motifs is 2. The van der Waals surface area contributed by atoms with E-state index in [2.05, 4.69) is 70.3 Å². The summed E-state index contributed by atoms with van der Waals surface area (Å²) in [6, 6.07) is 14.8. The van der Waals surface area contributed by atoms with Crippen LogP contribution < -0.4 is 4.90 Å². The molecule has 2 aromatic carbocycles. The molecule has 3 heteroatoms. The minimum Gasteiger partial charge on any atom is -0.343 e. The first-order chi connectivity index (χ1) is 7.77. The molecule has 0 atom stereocenters. The fourth-order valence-electron chi connectivity index (χ4n) is 1.92. The molecule has 0 N–H and O–H groups in total. The second kappa shape index (κ2) is 3.82. The topological polar surface area (TPSA) is 3.24 Å². The lowest BCUT2D eigenvalue weighted by molar-refractivity contribution is 1.10. The number of benzene rings is 2. The summed E-state index contributed by atoms with van der Waals surface area (Å²) in [7, 11) is 2.11. The van der Waals surface area contributed by atoms with Crippen molar-refractivity contribution in [3.8, 4) is 0 Å². The quantitative estimate of drug-likeness (QED) is 0.693. The Morgan fingerprint density at radius 3 is 2.62 bits per heavy atom. The van der Waals surface area contributed by atoms with Gasteiger partial charge in [-0.3, -0.25) is 0 Å². The van der Waals surface area contributed by atoms with Gasteiger partial charge in [-0.25, -0.2) is 0 Å². The van der Waals surface area contributed by atoms with Crippen LogP contribution in [0.5, 0.6) is 0 Å². The predicted octanol–water partition coefficient (Wildman–Crippen LogP) is 4.68. The Balaban J connectivity index is 2.22. The Morgan fingerprint density at radius 1 is 1.00 bits per heavy atom. The zero-order valence-corrected chi connectivity index (χ0v) is 11.2. The number of halogens is 1. The molecule has 16 heavy (non-hydrogen) atoms. The number of nitrogens with zero attached hydrogens (tertiary/aromatic N) is 1. The van der Waals surface area contributed by atoms with Crippen LogP contribution in [-0.2, 0) is 0 Å². The van der Waals surface area contributed by atoms with Crippen LogP contribution in [0.15, 0.2) is 56.7 Å². The summed E-state index contributed by atoms with van der Waals surface area (Å²) in [4.78, 5) is 4.85. The molecule has 2 aromatic rings. The lowest BCUT2D eigenvalue weighted by atomic mass is 10.2. The number of para-hydroxylation sites is 1. The summed E-state index contributed by atoms with van der Waals surface area (Å²) in [6.45, 7) is 0. The van der Waals surface area contributed by atoms with E-state index in [0.717, 1.165) is 4.47 Å². The lowest BCUT2D eigenvalue weighted by Gasteiger charge is -2.29. The van der Waals surface area contributed by atoms with Crippen molar-refractivity contribution in [2.45, 2.75) is 9.79 Å². The Bertz CT molecular complexity index is 553. The molecule has 0 fully saturated rings. The van der Waals surface area contributed by atoms with Gasteiger partial charge in [-0.15, -0.1) is 0 Å². The van der Waals surface area contributed by atoms with Gasteiger partial charge in [-0.05, 0) is 40.2 Å². The lowest BCUT2D eigenvalue weighted by Crippen LogP contribution is -2.14. The van der Waals surface area contributed by atoms with E-state index in [1.165, 1.54) is 21.2 Å². The van der Waals surface area contributed by atoms with E-state index in [9.17, 15) is 0 Å². The number of rotatable bonds is 0. The molecule has 0 aliphatic carbocycles. The van der Waals surface area contributed by atoms with Crippen molar-refractivity contribution in [1.82, 2.24) is 0 Å². The molecule has 1 aliphatic heterocycles. The zero-order valence-electron chi connectivity index (χ0n) is 8.77. The van der Waals surface area contributed by atoms with Crippen molar-refractivity contribution >= 4 is 39.1 Å². The van der Waals surface area contributed by atoms with Gasteiger partial charge in [-0.1, -0.05) is 30.0 Å². The average Bonchev–Trinajstić information content (AvgIpc) is 2.31. The SMILES string of the molecule is CN1c2ccccc2Sc2c(Br)cccc21. The van der Waals surface area contributed by atoms with Gasteiger partial charge < -0.3 is 4.90 Å². The van der Waals surface area contributed by atoms with Crippen molar-refractivity contribution in [2.24, 2.45) is 0 Å². The number of hydrogen-bond acceptors (Lipinski definition) is 2. The average molecular weight is 292 g/mol. The molecule has 0 saturated heterocycles. The predicted molar refractivity (Wildman–Crippen MR) is 72.8 cm³/mol. The third-order valence-corrected chi connectivity index (χ3v) is 4.87. The summed E-state index contributed by atoms with van der Waals surface area (Å²) in [5.74, 6) is 0. The normalized spacial score (nSPS) is 13.2. The molecule has 0 bridgehead atoms. The fourth-order valence-corrected chi connectivity index (χ4v) is 3.67. The minimum atomic E-state index is 1.16. The van der Waals surface area contributed by atoms with Crippen molar-refractivity contribution in [2.75, 3.05) is 11.9 Å². The summed E-state index contributed by atoms with van der Waals surface area (Å²) in [5.41, 5.74) is 2.54. The summed E-state index contributed by atoms with van der Waals surface area (Å²) in [6.07, 6.45) is 0. The van der Waals surface area contributed by atoms with Gasteiger partial charge in [0, 0.05) is 16.4 Å². The summed E-state index contributed by atoms with van der Waals surface area (Å²) in [5, 5.41) is 0. The van der Waals surface area contributed by atoms with Gasteiger partial charge in [0.25, 0.3) is 0 Å². The molecule has 0 saturated carbocycles. The second-order valence-corrected chi connectivity index (χ2v) is 5.62. The number of hydrogen-bond donors (Lipinski definition) is 0. The highest BCUT2D eigenvalue weighted by molar-refractivity contribution is 9.10. The van der Waals surface area contributed by atoms with E-state index in [4.69, 9.17) is 0 Å². The monoisotopic (exact) mass is 291 g/mol. The molecular formula is C13H10BrNS. The molecule has 0 amide bonds. The van der Waals surface area contributed by atoms with Crippen molar-refractivity contribution in [3.05, 3.63) is 46.9 Å². The Kier molecular flexibility index (Phi) is 2.45. The van der Waals surface area contributed by atoms with Crippen molar-refractivity contribution < 1.29 is 0 Å². The van der Waals surface area contributed by atoms with Crippen LogP contribution >= 0.6 is 27.7 Å². The van der Waals surface area contributed by atoms with Crippen molar-refractivity contribution in [3.63, 3.8) is 0 Å². The molecule has 0 aromatic heterocycles. The van der Waals surface area contributed by atoms with Gasteiger partial charge in [-0.2, -0.15) is 0 Å². The number of anilines is 2. The van der Waals surface area contributed by atoms with Crippen molar-refractivity contribution in [1.29, 1.82) is 0 Å². The maximum Gasteiger partial charge on any atom is 0.0561 e. The van der Waals surface area contributed by atoms with E-state index in [0.29, 0.717) is 0 Å². The molecule has 3 rings (SSSR count). The largest absolute Gasteiger partial charge is 0.343 e. The first-order valence-electron chi connectivity index (χ1n) is 5.06. The molecule has 1 aliphatic rings. The highest BCUT2D eigenvalue weighted by Crippen LogP contribution is 2.49. The van der Waals surface area contributed by atoms with E-state index in [1.54, 1.807) is 0 Å². The van der Waals surface area contributed by atoms with Gasteiger partial charge in [0.1, 0.15) is 0 Å². The summed E-state index contributed by atoms with van der Waals surface area (Å²) < 4.78 is 1.16. The van der Waals surface area contributed by atoms with Crippen LogP contribution in [0.4, 0.5) is 11.4 Å². The molecule has 0 unspecified atom stereocenters. The van der Waals surface area contributed by atoms with Gasteiger partial charge in [0.05, 0.1) is 16.3 Å². The molecule has 0 spiro atoms. The highest BCUT2D eigenvalue weighted by atomic mass is 79.9. The van der Waals surface area contributed by atoms with E-state index < -0.39 is 0 Å². The van der Waals surface area contributed by atoms with Gasteiger partial charge >= 0.3 is 0 Å². The third kappa shape index (κ3) is 1.46. The van der Waals surface area contributed by atoms with Gasteiger partial charge in [0.15, 0.2) is 0 Å². The fraction of sp³-hybridized carbons (Fsp3) is 0.0769. The second-order valence-electron chi connectivity index (χ2n) is 3.72. The highest BCUT2D eigenvalue weighted by Gasteiger charge is 2.21. The van der Waals surface area contributed by atoms with E-state index >= 15 is 0 Å². The molecule has 1 nitrogen and oxygen atoms in total. The Morgan fingerprint density at radius 2 is 1.75 bits per heavy atom. The third-order valence-electron chi connectivity index (χ3n) is 2.75. The van der Waals surface area contributed by atoms with Crippen LogP contribution in [-0.4, -0.2) is 7.05 Å². The molecule has 0 radical (unpaired) electrons. The van der Waals surface area contributed by atoms with Crippen LogP contribution in [0.3, 0.4) is 0 Å². The molecule has 80 valence electrons. The maximum absolute atomic E-state index is 3.61. The molecule has 1 heterocycles. The van der Waals surface area contributed by atoms with Crippen LogP contribution in [0.2, 0.25) is 0 Å². The summed E-state index contributed by atoms with van der Waals surface area (Å²) >= 11 is 5.44. The standard InChI is InChI=1S/C13H10BrNS/c1-15-10-6-2-3-8-12(10)16-13-9(14)5-4-7-11(13)15/h2-8H,1H3. The zero-order chi connectivity index (χ0) is 11.1. The van der Waals surface area contributed by atoms with E-state index in [-0.39, 0.29) is 0 Å². The maximum atomic E-state index is 3.61. The minimum absolute atomic E-state index is 1.16. The van der Waals surface area contributed by atoms with E-state index in [1.807, 2.05) is 11.8 Å².